The van der Waals surface area contributed by atoms with E-state index in [-0.39, 0.29) is 18.5 Å². The van der Waals surface area contributed by atoms with E-state index < -0.39 is 0 Å². The van der Waals surface area contributed by atoms with Crippen LogP contribution in [0.3, 0.4) is 0 Å². The Hall–Kier alpha value is -2.22. The fraction of sp³-hybridized carbons (Fsp3) is 0.308. The maximum absolute atomic E-state index is 11.9. The predicted octanol–water partition coefficient (Wildman–Crippen LogP) is 2.21. The van der Waals surface area contributed by atoms with Gasteiger partial charge < -0.3 is 16.4 Å². The standard InChI is InChI=1S/C13H18N6OS/c1-2-7-21-10-6-4-3-5-9(10)16-13(20)15-8-11-17-12(14)19-18-11/h3-6H,2,7-8H2,1H3,(H2,15,16,20)(H3,14,17,18,19). The van der Waals surface area contributed by atoms with Gasteiger partial charge in [-0.25, -0.2) is 4.79 Å². The number of anilines is 2. The quantitative estimate of drug-likeness (QED) is 0.612. The second-order valence-electron chi connectivity index (χ2n) is 4.29. The number of carbonyl (C=O) groups excluding carboxylic acids is 1. The molecular formula is C13H18N6OS. The smallest absolute Gasteiger partial charge is 0.319 e. The second-order valence-corrected chi connectivity index (χ2v) is 5.43. The van der Waals surface area contributed by atoms with Gasteiger partial charge >= 0.3 is 6.03 Å². The Bertz CT molecular complexity index is 600. The lowest BCUT2D eigenvalue weighted by Crippen LogP contribution is -2.28. The molecular weight excluding hydrogens is 288 g/mol. The van der Waals surface area contributed by atoms with E-state index in [0.717, 1.165) is 22.8 Å². The third-order valence-electron chi connectivity index (χ3n) is 2.56. The van der Waals surface area contributed by atoms with Gasteiger partial charge in [0.15, 0.2) is 0 Å². The lowest BCUT2D eigenvalue weighted by molar-refractivity contribution is 0.251. The lowest BCUT2D eigenvalue weighted by Gasteiger charge is -2.10. The van der Waals surface area contributed by atoms with Crippen molar-refractivity contribution in [1.82, 2.24) is 20.5 Å². The van der Waals surface area contributed by atoms with E-state index in [4.69, 9.17) is 5.73 Å². The van der Waals surface area contributed by atoms with Crippen LogP contribution in [0.1, 0.15) is 19.2 Å². The molecule has 0 radical (unpaired) electrons. The Morgan fingerprint density at radius 3 is 2.95 bits per heavy atom. The number of carbonyl (C=O) groups is 1. The second kappa shape index (κ2) is 7.53. The summed E-state index contributed by atoms with van der Waals surface area (Å²) in [4.78, 5) is 16.9. The van der Waals surface area contributed by atoms with Gasteiger partial charge in [-0.05, 0) is 24.3 Å². The maximum atomic E-state index is 11.9. The summed E-state index contributed by atoms with van der Waals surface area (Å²) < 4.78 is 0. The number of aromatic amines is 1. The molecule has 21 heavy (non-hydrogen) atoms. The zero-order valence-electron chi connectivity index (χ0n) is 11.7. The number of hydrogen-bond acceptors (Lipinski definition) is 5. The van der Waals surface area contributed by atoms with Crippen molar-refractivity contribution in [3.05, 3.63) is 30.1 Å². The summed E-state index contributed by atoms with van der Waals surface area (Å²) in [6, 6.07) is 7.42. The van der Waals surface area contributed by atoms with E-state index in [1.165, 1.54) is 0 Å². The molecule has 0 aliphatic carbocycles. The normalized spacial score (nSPS) is 10.3. The SMILES string of the molecule is CCCSc1ccccc1NC(=O)NCc1nc(N)n[nH]1. The van der Waals surface area contributed by atoms with Gasteiger partial charge in [0.25, 0.3) is 0 Å². The van der Waals surface area contributed by atoms with Gasteiger partial charge in [0.05, 0.1) is 12.2 Å². The van der Waals surface area contributed by atoms with Crippen molar-refractivity contribution in [1.29, 1.82) is 0 Å². The Morgan fingerprint density at radius 2 is 2.24 bits per heavy atom. The summed E-state index contributed by atoms with van der Waals surface area (Å²) in [5.74, 6) is 1.68. The number of nitrogens with zero attached hydrogens (tertiary/aromatic N) is 2. The number of aromatic nitrogens is 3. The van der Waals surface area contributed by atoms with E-state index in [9.17, 15) is 4.79 Å². The van der Waals surface area contributed by atoms with Crippen LogP contribution in [0.15, 0.2) is 29.2 Å². The minimum Gasteiger partial charge on any atom is -0.367 e. The number of H-pyrrole nitrogens is 1. The molecule has 0 saturated heterocycles. The molecule has 0 unspecified atom stereocenters. The van der Waals surface area contributed by atoms with E-state index in [0.29, 0.717) is 5.82 Å². The van der Waals surface area contributed by atoms with Gasteiger partial charge in [0.1, 0.15) is 5.82 Å². The van der Waals surface area contributed by atoms with E-state index in [1.807, 2.05) is 24.3 Å². The zero-order valence-corrected chi connectivity index (χ0v) is 12.5. The number of para-hydroxylation sites is 1. The molecule has 2 aromatic rings. The summed E-state index contributed by atoms with van der Waals surface area (Å²) in [5, 5.41) is 11.9. The lowest BCUT2D eigenvalue weighted by atomic mass is 10.3. The highest BCUT2D eigenvalue weighted by atomic mass is 32.2. The molecule has 0 saturated carbocycles. The number of benzene rings is 1. The molecule has 0 aliphatic rings. The van der Waals surface area contributed by atoms with Gasteiger partial charge in [-0.1, -0.05) is 19.1 Å². The van der Waals surface area contributed by atoms with Gasteiger partial charge in [-0.2, -0.15) is 4.98 Å². The Balaban J connectivity index is 1.90. The molecule has 0 aliphatic heterocycles. The first-order chi connectivity index (χ1) is 10.2. The summed E-state index contributed by atoms with van der Waals surface area (Å²) in [5.41, 5.74) is 6.19. The van der Waals surface area contributed by atoms with Crippen LogP contribution in [0.5, 0.6) is 0 Å². The predicted molar refractivity (Wildman–Crippen MR) is 84.1 cm³/mol. The van der Waals surface area contributed by atoms with Crippen LogP contribution < -0.4 is 16.4 Å². The summed E-state index contributed by atoms with van der Waals surface area (Å²) >= 11 is 1.72. The molecule has 1 heterocycles. The molecule has 1 aromatic heterocycles. The van der Waals surface area contributed by atoms with Gasteiger partial charge in [-0.15, -0.1) is 16.9 Å². The number of nitrogen functional groups attached to an aromatic ring is 1. The molecule has 0 spiro atoms. The van der Waals surface area contributed by atoms with Gasteiger partial charge in [0, 0.05) is 4.90 Å². The Morgan fingerprint density at radius 1 is 1.43 bits per heavy atom. The van der Waals surface area contributed by atoms with Crippen molar-refractivity contribution >= 4 is 29.4 Å². The maximum Gasteiger partial charge on any atom is 0.319 e. The van der Waals surface area contributed by atoms with Crippen LogP contribution in [-0.2, 0) is 6.54 Å². The first kappa shape index (κ1) is 15.2. The minimum atomic E-state index is -0.297. The van der Waals surface area contributed by atoms with Crippen molar-refractivity contribution in [2.75, 3.05) is 16.8 Å². The fourth-order valence-electron chi connectivity index (χ4n) is 1.63. The van der Waals surface area contributed by atoms with E-state index >= 15 is 0 Å². The molecule has 1 aromatic carbocycles. The van der Waals surface area contributed by atoms with Crippen LogP contribution in [0.25, 0.3) is 0 Å². The van der Waals surface area contributed by atoms with Gasteiger partial charge in [0.2, 0.25) is 5.95 Å². The third kappa shape index (κ3) is 4.67. The molecule has 2 amide bonds. The molecule has 8 heteroatoms. The highest BCUT2D eigenvalue weighted by molar-refractivity contribution is 7.99. The molecule has 112 valence electrons. The molecule has 0 bridgehead atoms. The third-order valence-corrected chi connectivity index (χ3v) is 3.84. The minimum absolute atomic E-state index is 0.161. The monoisotopic (exact) mass is 306 g/mol. The largest absolute Gasteiger partial charge is 0.367 e. The van der Waals surface area contributed by atoms with Crippen molar-refractivity contribution < 1.29 is 4.79 Å². The molecule has 0 atom stereocenters. The fourth-order valence-corrected chi connectivity index (χ4v) is 2.50. The number of urea groups is 1. The highest BCUT2D eigenvalue weighted by Crippen LogP contribution is 2.27. The summed E-state index contributed by atoms with van der Waals surface area (Å²) in [6.07, 6.45) is 1.08. The van der Waals surface area contributed by atoms with E-state index in [2.05, 4.69) is 32.7 Å². The number of nitrogens with one attached hydrogen (secondary N) is 3. The first-order valence-corrected chi connectivity index (χ1v) is 7.61. The van der Waals surface area contributed by atoms with Crippen molar-refractivity contribution in [3.63, 3.8) is 0 Å². The average Bonchev–Trinajstić information content (AvgIpc) is 2.90. The van der Waals surface area contributed by atoms with Crippen LogP contribution in [0.4, 0.5) is 16.4 Å². The Kier molecular flexibility index (Phi) is 5.44. The van der Waals surface area contributed by atoms with E-state index in [1.54, 1.807) is 11.8 Å². The molecule has 7 nitrogen and oxygen atoms in total. The number of rotatable bonds is 6. The number of thioether (sulfide) groups is 1. The van der Waals surface area contributed by atoms with Crippen molar-refractivity contribution in [2.24, 2.45) is 0 Å². The summed E-state index contributed by atoms with van der Waals surface area (Å²) in [6.45, 7) is 2.36. The molecule has 5 N–H and O–H groups in total. The molecule has 2 rings (SSSR count). The number of amides is 2. The molecule has 0 fully saturated rings. The first-order valence-electron chi connectivity index (χ1n) is 6.62. The topological polar surface area (TPSA) is 109 Å². The summed E-state index contributed by atoms with van der Waals surface area (Å²) in [7, 11) is 0. The Labute approximate surface area is 127 Å². The van der Waals surface area contributed by atoms with Crippen LogP contribution >= 0.6 is 11.8 Å². The average molecular weight is 306 g/mol. The van der Waals surface area contributed by atoms with Crippen LogP contribution in [0, 0.1) is 0 Å². The van der Waals surface area contributed by atoms with Crippen molar-refractivity contribution in [2.45, 2.75) is 24.8 Å². The van der Waals surface area contributed by atoms with Crippen LogP contribution in [0.2, 0.25) is 0 Å². The number of hydrogen-bond donors (Lipinski definition) is 4. The highest BCUT2D eigenvalue weighted by Gasteiger charge is 2.07. The number of nitrogens with two attached hydrogens (primary N) is 1. The van der Waals surface area contributed by atoms with Gasteiger partial charge in [-0.3, -0.25) is 5.10 Å². The zero-order chi connectivity index (χ0) is 15.1. The van der Waals surface area contributed by atoms with Crippen LogP contribution in [-0.4, -0.2) is 27.0 Å². The van der Waals surface area contributed by atoms with Crippen molar-refractivity contribution in [3.8, 4) is 0 Å².